The van der Waals surface area contributed by atoms with Gasteiger partial charge in [0.1, 0.15) is 0 Å². The zero-order valence-electron chi connectivity index (χ0n) is 10.4. The number of amides is 1. The highest BCUT2D eigenvalue weighted by Crippen LogP contribution is 2.22. The van der Waals surface area contributed by atoms with Gasteiger partial charge >= 0.3 is 0 Å². The largest absolute Gasteiger partial charge is 0.377 e. The summed E-state index contributed by atoms with van der Waals surface area (Å²) in [5.41, 5.74) is 0.727. The van der Waals surface area contributed by atoms with E-state index in [2.05, 4.69) is 5.32 Å². The molecule has 1 N–H and O–H groups in total. The molecule has 0 saturated heterocycles. The molecule has 1 atom stereocenters. The van der Waals surface area contributed by atoms with Crippen molar-refractivity contribution in [2.24, 2.45) is 0 Å². The Morgan fingerprint density at radius 3 is 2.50 bits per heavy atom. The van der Waals surface area contributed by atoms with E-state index in [0.717, 1.165) is 0 Å². The first-order chi connectivity index (χ1) is 8.32. The fraction of sp³-hybridized carbons (Fsp3) is 0.417. The van der Waals surface area contributed by atoms with Crippen LogP contribution in [0, 0.1) is 0 Å². The van der Waals surface area contributed by atoms with Gasteiger partial charge in [-0.3, -0.25) is 4.79 Å². The summed E-state index contributed by atoms with van der Waals surface area (Å²) in [6.45, 7) is 1.37. The van der Waals surface area contributed by atoms with Gasteiger partial charge in [0.15, 0.2) is 0 Å². The number of carbonyl (C=O) groups excluding carboxylic acids is 1. The molecule has 18 heavy (non-hydrogen) atoms. The van der Waals surface area contributed by atoms with Crippen LogP contribution in [0.25, 0.3) is 0 Å². The summed E-state index contributed by atoms with van der Waals surface area (Å²) in [6.07, 6.45) is -2.48. The molecule has 0 fully saturated rings. The van der Waals surface area contributed by atoms with Crippen molar-refractivity contribution in [3.63, 3.8) is 0 Å². The number of rotatable bonds is 4. The summed E-state index contributed by atoms with van der Waals surface area (Å²) in [6, 6.07) is 3.56. The van der Waals surface area contributed by atoms with Crippen LogP contribution in [0.15, 0.2) is 18.2 Å². The smallest absolute Gasteiger partial charge is 0.258 e. The van der Waals surface area contributed by atoms with Crippen molar-refractivity contribution in [3.05, 3.63) is 28.8 Å². The molecule has 1 aromatic rings. The molecule has 0 spiro atoms. The summed E-state index contributed by atoms with van der Waals surface area (Å²) in [5, 5.41) is 2.92. The van der Waals surface area contributed by atoms with Gasteiger partial charge < -0.3 is 10.2 Å². The zero-order valence-corrected chi connectivity index (χ0v) is 11.1. The first-order valence-electron chi connectivity index (χ1n) is 5.38. The van der Waals surface area contributed by atoms with Crippen LogP contribution in [-0.4, -0.2) is 37.4 Å². The summed E-state index contributed by atoms with van der Waals surface area (Å²) >= 11 is 5.91. The highest BCUT2D eigenvalue weighted by Gasteiger charge is 2.17. The van der Waals surface area contributed by atoms with Gasteiger partial charge in [-0.15, -0.1) is 0 Å². The van der Waals surface area contributed by atoms with Crippen LogP contribution >= 0.6 is 11.6 Å². The predicted molar refractivity (Wildman–Crippen MR) is 68.6 cm³/mol. The minimum absolute atomic E-state index is 0.270. The molecule has 0 bridgehead atoms. The Kier molecular flexibility index (Phi) is 4.90. The average Bonchev–Trinajstić information content (AvgIpc) is 2.30. The third kappa shape index (κ3) is 3.57. The molecule has 1 amide bonds. The first-order valence-corrected chi connectivity index (χ1v) is 5.76. The number of carbonyl (C=O) groups is 1. The minimum Gasteiger partial charge on any atom is -0.377 e. The molecule has 1 unspecified atom stereocenters. The van der Waals surface area contributed by atoms with E-state index < -0.39 is 12.5 Å². The van der Waals surface area contributed by atoms with Crippen molar-refractivity contribution in [1.29, 1.82) is 0 Å². The first kappa shape index (κ1) is 14.7. The third-order valence-corrected chi connectivity index (χ3v) is 2.70. The summed E-state index contributed by atoms with van der Waals surface area (Å²) in [7, 11) is 3.20. The van der Waals surface area contributed by atoms with Gasteiger partial charge in [0, 0.05) is 19.8 Å². The topological polar surface area (TPSA) is 32.3 Å². The molecule has 0 aromatic heterocycles. The number of halogens is 3. The molecule has 1 rings (SSSR count). The molecule has 0 aliphatic rings. The number of benzene rings is 1. The molecule has 0 radical (unpaired) electrons. The van der Waals surface area contributed by atoms with Gasteiger partial charge in [-0.1, -0.05) is 11.6 Å². The highest BCUT2D eigenvalue weighted by atomic mass is 35.5. The zero-order chi connectivity index (χ0) is 13.9. The number of hydrogen-bond acceptors (Lipinski definition) is 2. The molecule has 1 aromatic carbocycles. The molecular formula is C12H15ClF2N2O. The predicted octanol–water partition coefficient (Wildman–Crippen LogP) is 3.11. The lowest BCUT2D eigenvalue weighted by Gasteiger charge is -2.16. The Hall–Kier alpha value is -1.36. The number of hydrogen-bond donors (Lipinski definition) is 1. The van der Waals surface area contributed by atoms with Gasteiger partial charge in [-0.25, -0.2) is 8.78 Å². The number of alkyl halides is 2. The fourth-order valence-electron chi connectivity index (χ4n) is 1.35. The maximum Gasteiger partial charge on any atom is 0.258 e. The van der Waals surface area contributed by atoms with Gasteiger partial charge in [0.05, 0.1) is 16.6 Å². The monoisotopic (exact) mass is 276 g/mol. The quantitative estimate of drug-likeness (QED) is 0.916. The van der Waals surface area contributed by atoms with Crippen LogP contribution < -0.4 is 5.32 Å². The maximum absolute atomic E-state index is 12.4. The van der Waals surface area contributed by atoms with E-state index in [1.165, 1.54) is 24.0 Å². The van der Waals surface area contributed by atoms with Crippen molar-refractivity contribution < 1.29 is 13.6 Å². The van der Waals surface area contributed by atoms with E-state index in [0.29, 0.717) is 10.7 Å². The van der Waals surface area contributed by atoms with E-state index >= 15 is 0 Å². The second-order valence-corrected chi connectivity index (χ2v) is 4.57. The summed E-state index contributed by atoms with van der Waals surface area (Å²) in [5.74, 6) is -0.270. The second kappa shape index (κ2) is 6.00. The molecule has 3 nitrogen and oxygen atoms in total. The van der Waals surface area contributed by atoms with E-state index in [9.17, 15) is 13.6 Å². The Morgan fingerprint density at radius 2 is 2.00 bits per heavy atom. The van der Waals surface area contributed by atoms with Crippen molar-refractivity contribution in [2.75, 3.05) is 19.4 Å². The Balaban J connectivity index is 2.97. The van der Waals surface area contributed by atoms with Crippen LogP contribution in [-0.2, 0) is 0 Å². The molecule has 0 aliphatic heterocycles. The van der Waals surface area contributed by atoms with Crippen LogP contribution in [0.1, 0.15) is 17.3 Å². The minimum atomic E-state index is -2.48. The van der Waals surface area contributed by atoms with Crippen LogP contribution in [0.4, 0.5) is 14.5 Å². The van der Waals surface area contributed by atoms with Gasteiger partial charge in [-0.05, 0) is 25.1 Å². The number of nitrogens with one attached hydrogen (secondary N) is 1. The van der Waals surface area contributed by atoms with Crippen LogP contribution in [0.5, 0.6) is 0 Å². The van der Waals surface area contributed by atoms with Gasteiger partial charge in [-0.2, -0.15) is 0 Å². The van der Waals surface area contributed by atoms with Gasteiger partial charge in [0.2, 0.25) is 0 Å². The fourth-order valence-corrected chi connectivity index (χ4v) is 1.54. The lowest BCUT2D eigenvalue weighted by Crippen LogP contribution is -2.25. The Labute approximate surface area is 110 Å². The van der Waals surface area contributed by atoms with E-state index in [4.69, 9.17) is 11.6 Å². The summed E-state index contributed by atoms with van der Waals surface area (Å²) in [4.78, 5) is 13.2. The second-order valence-electron chi connectivity index (χ2n) is 4.16. The van der Waals surface area contributed by atoms with Gasteiger partial charge in [0.25, 0.3) is 12.3 Å². The molecular weight excluding hydrogens is 262 g/mol. The standard InChI is InChI=1S/C12H15ClF2N2O/c1-7(11(14)15)16-8-4-5-10(13)9(6-8)12(18)17(2)3/h4-7,11,16H,1-3H3. The SMILES string of the molecule is CC(Nc1ccc(Cl)c(C(=O)N(C)C)c1)C(F)F. The Bertz CT molecular complexity index is 438. The van der Waals surface area contributed by atoms with Crippen molar-refractivity contribution in [1.82, 2.24) is 4.90 Å². The summed E-state index contributed by atoms with van der Waals surface area (Å²) < 4.78 is 24.8. The number of nitrogens with zero attached hydrogens (tertiary/aromatic N) is 1. The maximum atomic E-state index is 12.4. The lowest BCUT2D eigenvalue weighted by atomic mass is 10.1. The Morgan fingerprint density at radius 1 is 1.39 bits per heavy atom. The van der Waals surface area contributed by atoms with Crippen LogP contribution in [0.2, 0.25) is 5.02 Å². The van der Waals surface area contributed by atoms with E-state index in [1.807, 2.05) is 0 Å². The van der Waals surface area contributed by atoms with Crippen molar-refractivity contribution in [2.45, 2.75) is 19.4 Å². The molecule has 0 saturated carbocycles. The molecule has 100 valence electrons. The lowest BCUT2D eigenvalue weighted by molar-refractivity contribution is 0.0828. The van der Waals surface area contributed by atoms with Crippen molar-refractivity contribution >= 4 is 23.2 Å². The van der Waals surface area contributed by atoms with Crippen molar-refractivity contribution in [3.8, 4) is 0 Å². The average molecular weight is 277 g/mol. The normalized spacial score (nSPS) is 12.4. The highest BCUT2D eigenvalue weighted by molar-refractivity contribution is 6.34. The van der Waals surface area contributed by atoms with E-state index in [-0.39, 0.29) is 11.5 Å². The van der Waals surface area contributed by atoms with Crippen LogP contribution in [0.3, 0.4) is 0 Å². The molecule has 6 heteroatoms. The molecule has 0 aliphatic carbocycles. The molecule has 0 heterocycles. The number of anilines is 1. The van der Waals surface area contributed by atoms with E-state index in [1.54, 1.807) is 20.2 Å². The third-order valence-electron chi connectivity index (χ3n) is 2.38.